The van der Waals surface area contributed by atoms with E-state index in [0.717, 1.165) is 24.3 Å². The second-order valence-corrected chi connectivity index (χ2v) is 7.69. The third-order valence-electron chi connectivity index (χ3n) is 4.97. The van der Waals surface area contributed by atoms with Crippen molar-refractivity contribution in [1.82, 2.24) is 4.98 Å². The van der Waals surface area contributed by atoms with Gasteiger partial charge in [0, 0.05) is 18.9 Å². The Labute approximate surface area is 129 Å². The summed E-state index contributed by atoms with van der Waals surface area (Å²) in [5.41, 5.74) is 8.62. The molecule has 0 aromatic carbocycles. The highest BCUT2D eigenvalue weighted by Gasteiger charge is 2.38. The van der Waals surface area contributed by atoms with Crippen molar-refractivity contribution in [2.24, 2.45) is 17.1 Å². The average molecular weight is 290 g/mol. The van der Waals surface area contributed by atoms with Crippen LogP contribution in [0, 0.1) is 18.3 Å². The molecule has 1 saturated carbocycles. The molecule has 1 aromatic heterocycles. The molecule has 1 aliphatic carbocycles. The van der Waals surface area contributed by atoms with E-state index < -0.39 is 0 Å². The average Bonchev–Trinajstić information content (AvgIpc) is 2.45. The lowest BCUT2D eigenvalue weighted by molar-refractivity contribution is -0.0889. The van der Waals surface area contributed by atoms with Crippen LogP contribution in [0.25, 0.3) is 0 Å². The number of hydrogen-bond donors (Lipinski definition) is 1. The molecule has 0 bridgehead atoms. The van der Waals surface area contributed by atoms with E-state index in [1.54, 1.807) is 0 Å². The Balaban J connectivity index is 1.94. The molecule has 0 unspecified atom stereocenters. The quantitative estimate of drug-likeness (QED) is 0.916. The first-order valence-electron chi connectivity index (χ1n) is 8.09. The fourth-order valence-corrected chi connectivity index (χ4v) is 3.35. The van der Waals surface area contributed by atoms with Gasteiger partial charge in [-0.05, 0) is 55.1 Å². The number of ether oxygens (including phenoxy) is 1. The van der Waals surface area contributed by atoms with Crippen LogP contribution in [0.3, 0.4) is 0 Å². The maximum atomic E-state index is 6.26. The predicted octanol–water partition coefficient (Wildman–Crippen LogP) is 3.84. The summed E-state index contributed by atoms with van der Waals surface area (Å²) in [4.78, 5) is 4.23. The third-order valence-corrected chi connectivity index (χ3v) is 4.97. The van der Waals surface area contributed by atoms with Gasteiger partial charge in [-0.1, -0.05) is 26.8 Å². The van der Waals surface area contributed by atoms with Gasteiger partial charge in [-0.25, -0.2) is 0 Å². The smallest absolute Gasteiger partial charge is 0.0808 e. The Kier molecular flexibility index (Phi) is 5.05. The molecule has 0 radical (unpaired) electrons. The summed E-state index contributed by atoms with van der Waals surface area (Å²) < 4.78 is 6.26. The fourth-order valence-electron chi connectivity index (χ4n) is 3.35. The number of nitrogens with two attached hydrogens (primary N) is 1. The van der Waals surface area contributed by atoms with E-state index in [1.807, 2.05) is 12.4 Å². The number of nitrogens with zero attached hydrogens (tertiary/aromatic N) is 1. The summed E-state index contributed by atoms with van der Waals surface area (Å²) in [5.74, 6) is 0.779. The molecule has 1 aromatic rings. The molecular formula is C18H30N2O. The third kappa shape index (κ3) is 4.27. The summed E-state index contributed by atoms with van der Waals surface area (Å²) in [7, 11) is 0. The fraction of sp³-hybridized carbons (Fsp3) is 0.722. The van der Waals surface area contributed by atoms with Gasteiger partial charge in [0.2, 0.25) is 0 Å². The SMILES string of the molecule is Cc1cncc(COC2(CN)CCC(C(C)(C)C)CC2)c1. The number of aryl methyl sites for hydroxylation is 1. The van der Waals surface area contributed by atoms with Crippen molar-refractivity contribution in [2.75, 3.05) is 6.54 Å². The largest absolute Gasteiger partial charge is 0.369 e. The molecule has 0 aliphatic heterocycles. The normalized spacial score (nSPS) is 26.8. The van der Waals surface area contributed by atoms with Gasteiger partial charge in [-0.2, -0.15) is 0 Å². The lowest BCUT2D eigenvalue weighted by atomic mass is 9.68. The summed E-state index contributed by atoms with van der Waals surface area (Å²) in [6, 6.07) is 2.14. The van der Waals surface area contributed by atoms with E-state index in [2.05, 4.69) is 38.7 Å². The molecule has 2 N–H and O–H groups in total. The standard InChI is InChI=1S/C18H30N2O/c1-14-9-15(11-20-10-14)12-21-18(13-19)7-5-16(6-8-18)17(2,3)4/h9-11,16H,5-8,12-13,19H2,1-4H3. The second kappa shape index (κ2) is 6.45. The van der Waals surface area contributed by atoms with Gasteiger partial charge in [0.05, 0.1) is 12.2 Å². The van der Waals surface area contributed by atoms with Crippen molar-refractivity contribution >= 4 is 0 Å². The predicted molar refractivity (Wildman–Crippen MR) is 87.0 cm³/mol. The van der Waals surface area contributed by atoms with Crippen molar-refractivity contribution in [1.29, 1.82) is 0 Å². The zero-order valence-electron chi connectivity index (χ0n) is 14.0. The summed E-state index contributed by atoms with van der Waals surface area (Å²) >= 11 is 0. The first-order chi connectivity index (χ1) is 9.85. The van der Waals surface area contributed by atoms with Crippen LogP contribution < -0.4 is 5.73 Å². The summed E-state index contributed by atoms with van der Waals surface area (Å²) in [6.45, 7) is 10.3. The van der Waals surface area contributed by atoms with Crippen LogP contribution in [0.1, 0.15) is 57.6 Å². The minimum atomic E-state index is -0.133. The molecule has 3 nitrogen and oxygen atoms in total. The first kappa shape index (κ1) is 16.4. The highest BCUT2D eigenvalue weighted by molar-refractivity contribution is 5.15. The van der Waals surface area contributed by atoms with Crippen LogP contribution in [0.5, 0.6) is 0 Å². The van der Waals surface area contributed by atoms with E-state index in [4.69, 9.17) is 10.5 Å². The Morgan fingerprint density at radius 1 is 1.29 bits per heavy atom. The van der Waals surface area contributed by atoms with Crippen LogP contribution in [0.4, 0.5) is 0 Å². The summed E-state index contributed by atoms with van der Waals surface area (Å²) in [6.07, 6.45) is 8.34. The van der Waals surface area contributed by atoms with Gasteiger partial charge >= 0.3 is 0 Å². The van der Waals surface area contributed by atoms with Crippen molar-refractivity contribution in [2.45, 2.75) is 65.6 Å². The molecule has 0 atom stereocenters. The lowest BCUT2D eigenvalue weighted by Crippen LogP contribution is -2.45. The van der Waals surface area contributed by atoms with Crippen LogP contribution in [0.15, 0.2) is 18.5 Å². The lowest BCUT2D eigenvalue weighted by Gasteiger charge is -2.43. The Morgan fingerprint density at radius 2 is 1.95 bits per heavy atom. The molecule has 1 aliphatic rings. The van der Waals surface area contributed by atoms with Gasteiger partial charge in [0.15, 0.2) is 0 Å². The van der Waals surface area contributed by atoms with E-state index in [-0.39, 0.29) is 5.60 Å². The molecule has 1 heterocycles. The molecule has 0 amide bonds. The van der Waals surface area contributed by atoms with E-state index in [1.165, 1.54) is 18.4 Å². The van der Waals surface area contributed by atoms with Gasteiger partial charge in [0.25, 0.3) is 0 Å². The summed E-state index contributed by atoms with van der Waals surface area (Å²) in [5, 5.41) is 0. The maximum absolute atomic E-state index is 6.26. The Hall–Kier alpha value is -0.930. The van der Waals surface area contributed by atoms with Gasteiger partial charge < -0.3 is 10.5 Å². The van der Waals surface area contributed by atoms with Crippen LogP contribution in [0.2, 0.25) is 0 Å². The number of hydrogen-bond acceptors (Lipinski definition) is 3. The molecule has 0 saturated heterocycles. The van der Waals surface area contributed by atoms with Crippen LogP contribution >= 0.6 is 0 Å². The van der Waals surface area contributed by atoms with Gasteiger partial charge in [-0.15, -0.1) is 0 Å². The van der Waals surface area contributed by atoms with Crippen molar-refractivity contribution < 1.29 is 4.74 Å². The highest BCUT2D eigenvalue weighted by Crippen LogP contribution is 2.42. The molecule has 2 rings (SSSR count). The van der Waals surface area contributed by atoms with Crippen molar-refractivity contribution in [3.63, 3.8) is 0 Å². The van der Waals surface area contributed by atoms with E-state index in [0.29, 0.717) is 18.6 Å². The van der Waals surface area contributed by atoms with Gasteiger partial charge in [-0.3, -0.25) is 4.98 Å². The van der Waals surface area contributed by atoms with Crippen molar-refractivity contribution in [3.8, 4) is 0 Å². The monoisotopic (exact) mass is 290 g/mol. The van der Waals surface area contributed by atoms with E-state index >= 15 is 0 Å². The van der Waals surface area contributed by atoms with Crippen molar-refractivity contribution in [3.05, 3.63) is 29.6 Å². The molecule has 3 heteroatoms. The van der Waals surface area contributed by atoms with Gasteiger partial charge in [0.1, 0.15) is 0 Å². The van der Waals surface area contributed by atoms with Crippen LogP contribution in [-0.4, -0.2) is 17.1 Å². The zero-order valence-corrected chi connectivity index (χ0v) is 14.0. The van der Waals surface area contributed by atoms with E-state index in [9.17, 15) is 0 Å². The second-order valence-electron chi connectivity index (χ2n) is 7.69. The molecular weight excluding hydrogens is 260 g/mol. The molecule has 1 fully saturated rings. The molecule has 118 valence electrons. The number of aromatic nitrogens is 1. The zero-order chi connectivity index (χ0) is 15.5. The number of rotatable bonds is 4. The Morgan fingerprint density at radius 3 is 2.48 bits per heavy atom. The highest BCUT2D eigenvalue weighted by atomic mass is 16.5. The topological polar surface area (TPSA) is 48.1 Å². The number of pyridine rings is 1. The van der Waals surface area contributed by atoms with Crippen LogP contribution in [-0.2, 0) is 11.3 Å². The molecule has 21 heavy (non-hydrogen) atoms. The maximum Gasteiger partial charge on any atom is 0.0808 e. The minimum absolute atomic E-state index is 0.133. The first-order valence-corrected chi connectivity index (χ1v) is 8.09. The minimum Gasteiger partial charge on any atom is -0.369 e. The molecule has 0 spiro atoms. The Bertz CT molecular complexity index is 457.